The maximum absolute atomic E-state index is 12.6. The normalized spacial score (nSPS) is 14.7. The highest BCUT2D eigenvalue weighted by Crippen LogP contribution is 2.26. The molecule has 1 saturated heterocycles. The first-order chi connectivity index (χ1) is 19.5. The highest BCUT2D eigenvalue weighted by molar-refractivity contribution is 6.04. The Hall–Kier alpha value is -4.66. The van der Waals surface area contributed by atoms with Crippen LogP contribution in [0.2, 0.25) is 0 Å². The van der Waals surface area contributed by atoms with Gasteiger partial charge in [-0.15, -0.1) is 0 Å². The van der Waals surface area contributed by atoms with E-state index < -0.39 is 6.23 Å². The molecule has 1 atom stereocenters. The Balaban J connectivity index is 1.11. The molecular weight excluding hydrogens is 500 g/mol. The number of piperazine rings is 1. The standard InChI is InChI=1S/C32H32N6O2/c1-37-17-19-38(20-18-37)27-14-11-24(12-15-27)32(40)34-26-13-16-28-29(21-26)36-30(35-28)22-7-9-23(10-8-22)31(39)33-25-5-3-2-4-6-25/h2-16,21,32,34,40H,17-20H2,1H3,(H,33,39)(H,35,36). The van der Waals surface area contributed by atoms with Crippen LogP contribution in [-0.2, 0) is 0 Å². The van der Waals surface area contributed by atoms with Crippen LogP contribution in [-0.4, -0.2) is 59.1 Å². The Labute approximate surface area is 233 Å². The number of carbonyl (C=O) groups is 1. The van der Waals surface area contributed by atoms with Crippen LogP contribution in [0.1, 0.15) is 22.1 Å². The molecule has 1 aromatic heterocycles. The molecule has 8 heteroatoms. The van der Waals surface area contributed by atoms with E-state index in [4.69, 9.17) is 4.98 Å². The monoisotopic (exact) mass is 532 g/mol. The molecule has 0 radical (unpaired) electrons. The summed E-state index contributed by atoms with van der Waals surface area (Å²) in [5, 5.41) is 16.9. The first kappa shape index (κ1) is 25.6. The van der Waals surface area contributed by atoms with Gasteiger partial charge in [0.05, 0.1) is 11.0 Å². The lowest BCUT2D eigenvalue weighted by atomic mass is 10.1. The largest absolute Gasteiger partial charge is 0.369 e. The molecule has 0 saturated carbocycles. The number of anilines is 3. The Morgan fingerprint density at radius 1 is 0.875 bits per heavy atom. The summed E-state index contributed by atoms with van der Waals surface area (Å²) in [6, 6.07) is 30.6. The fourth-order valence-corrected chi connectivity index (χ4v) is 4.91. The maximum atomic E-state index is 12.6. The van der Waals surface area contributed by atoms with Gasteiger partial charge in [-0.2, -0.15) is 0 Å². The number of likely N-dealkylation sites (N-methyl/N-ethyl adjacent to an activating group) is 1. The lowest BCUT2D eigenvalue weighted by Crippen LogP contribution is -2.44. The third-order valence-corrected chi connectivity index (χ3v) is 7.31. The Kier molecular flexibility index (Phi) is 7.18. The average molecular weight is 533 g/mol. The van der Waals surface area contributed by atoms with E-state index in [9.17, 15) is 9.90 Å². The minimum absolute atomic E-state index is 0.161. The van der Waals surface area contributed by atoms with E-state index in [1.165, 1.54) is 5.69 Å². The van der Waals surface area contributed by atoms with Crippen LogP contribution in [0.3, 0.4) is 0 Å². The molecule has 2 heterocycles. The highest BCUT2D eigenvalue weighted by Gasteiger charge is 2.15. The number of rotatable bonds is 7. The molecule has 4 aromatic carbocycles. The number of fused-ring (bicyclic) bond motifs is 1. The van der Waals surface area contributed by atoms with Crippen molar-refractivity contribution in [2.45, 2.75) is 6.23 Å². The lowest BCUT2D eigenvalue weighted by Gasteiger charge is -2.34. The first-order valence-electron chi connectivity index (χ1n) is 13.5. The minimum atomic E-state index is -0.837. The van der Waals surface area contributed by atoms with Gasteiger partial charge in [0, 0.05) is 59.9 Å². The van der Waals surface area contributed by atoms with Gasteiger partial charge in [-0.1, -0.05) is 42.5 Å². The molecule has 0 bridgehead atoms. The number of hydrogen-bond acceptors (Lipinski definition) is 6. The number of nitrogens with zero attached hydrogens (tertiary/aromatic N) is 3. The van der Waals surface area contributed by atoms with E-state index in [0.29, 0.717) is 11.4 Å². The van der Waals surface area contributed by atoms with Gasteiger partial charge < -0.3 is 30.5 Å². The van der Waals surface area contributed by atoms with Gasteiger partial charge >= 0.3 is 0 Å². The molecule has 202 valence electrons. The van der Waals surface area contributed by atoms with Crippen molar-refractivity contribution < 1.29 is 9.90 Å². The first-order valence-corrected chi connectivity index (χ1v) is 13.5. The van der Waals surface area contributed by atoms with Crippen LogP contribution >= 0.6 is 0 Å². The summed E-state index contributed by atoms with van der Waals surface area (Å²) in [6.45, 7) is 4.13. The van der Waals surface area contributed by atoms with Crippen molar-refractivity contribution in [3.8, 4) is 11.4 Å². The van der Waals surface area contributed by atoms with Crippen LogP contribution in [0.5, 0.6) is 0 Å². The second-order valence-corrected chi connectivity index (χ2v) is 10.1. The van der Waals surface area contributed by atoms with Crippen molar-refractivity contribution in [2.24, 2.45) is 0 Å². The number of nitrogens with one attached hydrogen (secondary N) is 3. The van der Waals surface area contributed by atoms with E-state index in [-0.39, 0.29) is 5.91 Å². The summed E-state index contributed by atoms with van der Waals surface area (Å²) < 4.78 is 0. The number of hydrogen-bond donors (Lipinski definition) is 4. The number of carbonyl (C=O) groups excluding carboxylic acids is 1. The zero-order chi connectivity index (χ0) is 27.5. The van der Waals surface area contributed by atoms with Crippen molar-refractivity contribution in [2.75, 3.05) is 48.8 Å². The summed E-state index contributed by atoms with van der Waals surface area (Å²) in [7, 11) is 2.15. The number of aliphatic hydroxyl groups excluding tert-OH is 1. The van der Waals surface area contributed by atoms with Crippen LogP contribution < -0.4 is 15.5 Å². The van der Waals surface area contributed by atoms with Crippen LogP contribution in [0.4, 0.5) is 17.1 Å². The van der Waals surface area contributed by atoms with Gasteiger partial charge in [0.2, 0.25) is 0 Å². The van der Waals surface area contributed by atoms with Gasteiger partial charge in [0.1, 0.15) is 5.82 Å². The predicted octanol–water partition coefficient (Wildman–Crippen LogP) is 5.34. The van der Waals surface area contributed by atoms with Crippen LogP contribution in [0.15, 0.2) is 97.1 Å². The van der Waals surface area contributed by atoms with Crippen molar-refractivity contribution in [1.29, 1.82) is 0 Å². The van der Waals surface area contributed by atoms with E-state index in [1.807, 2.05) is 72.8 Å². The van der Waals surface area contributed by atoms with Crippen molar-refractivity contribution in [3.63, 3.8) is 0 Å². The van der Waals surface area contributed by atoms with Crippen LogP contribution in [0.25, 0.3) is 22.4 Å². The van der Waals surface area contributed by atoms with Gasteiger partial charge in [-0.3, -0.25) is 4.79 Å². The Morgan fingerprint density at radius 3 is 2.33 bits per heavy atom. The minimum Gasteiger partial charge on any atom is -0.369 e. The lowest BCUT2D eigenvalue weighted by molar-refractivity contribution is 0.102. The molecule has 1 unspecified atom stereocenters. The van der Waals surface area contributed by atoms with Crippen molar-refractivity contribution in [3.05, 3.63) is 108 Å². The van der Waals surface area contributed by atoms with E-state index in [2.05, 4.69) is 44.6 Å². The molecule has 1 fully saturated rings. The number of H-pyrrole nitrogens is 1. The van der Waals surface area contributed by atoms with E-state index >= 15 is 0 Å². The number of amides is 1. The van der Waals surface area contributed by atoms with E-state index in [0.717, 1.165) is 59.7 Å². The molecule has 1 amide bonds. The number of imidazole rings is 1. The summed E-state index contributed by atoms with van der Waals surface area (Å²) in [4.78, 5) is 25.3. The fraction of sp³-hybridized carbons (Fsp3) is 0.188. The number of aromatic amines is 1. The molecule has 0 spiro atoms. The summed E-state index contributed by atoms with van der Waals surface area (Å²) >= 11 is 0. The van der Waals surface area contributed by atoms with Crippen molar-refractivity contribution >= 4 is 34.0 Å². The molecule has 1 aliphatic rings. The van der Waals surface area contributed by atoms with Gasteiger partial charge in [0.25, 0.3) is 5.91 Å². The van der Waals surface area contributed by atoms with Gasteiger partial charge in [0.15, 0.2) is 6.23 Å². The number of para-hydroxylation sites is 1. The van der Waals surface area contributed by atoms with Crippen LogP contribution in [0, 0.1) is 0 Å². The summed E-state index contributed by atoms with van der Waals surface area (Å²) in [5.41, 5.74) is 6.64. The predicted molar refractivity (Wildman–Crippen MR) is 161 cm³/mol. The number of aliphatic hydroxyl groups is 1. The molecule has 5 aromatic rings. The SMILES string of the molecule is CN1CCN(c2ccc(C(O)Nc3ccc4nc(-c5ccc(C(=O)Nc6ccccc6)cc5)[nH]c4c3)cc2)CC1. The van der Waals surface area contributed by atoms with Gasteiger partial charge in [-0.05, 0) is 61.6 Å². The molecule has 40 heavy (non-hydrogen) atoms. The second kappa shape index (κ2) is 11.2. The number of aromatic nitrogens is 2. The fourth-order valence-electron chi connectivity index (χ4n) is 4.91. The summed E-state index contributed by atoms with van der Waals surface area (Å²) in [5.74, 6) is 0.549. The third kappa shape index (κ3) is 5.68. The van der Waals surface area contributed by atoms with Gasteiger partial charge in [-0.25, -0.2) is 4.98 Å². The molecular formula is C32H32N6O2. The molecule has 4 N–H and O–H groups in total. The zero-order valence-corrected chi connectivity index (χ0v) is 22.3. The zero-order valence-electron chi connectivity index (χ0n) is 22.3. The Morgan fingerprint density at radius 2 is 1.60 bits per heavy atom. The van der Waals surface area contributed by atoms with E-state index in [1.54, 1.807) is 12.1 Å². The number of benzene rings is 4. The molecule has 0 aliphatic carbocycles. The topological polar surface area (TPSA) is 96.5 Å². The average Bonchev–Trinajstić information content (AvgIpc) is 3.42. The maximum Gasteiger partial charge on any atom is 0.255 e. The molecule has 8 nitrogen and oxygen atoms in total. The molecule has 6 rings (SSSR count). The Bertz CT molecular complexity index is 1590. The quantitative estimate of drug-likeness (QED) is 0.212. The third-order valence-electron chi connectivity index (χ3n) is 7.31. The molecule has 1 aliphatic heterocycles. The van der Waals surface area contributed by atoms with Crippen molar-refractivity contribution in [1.82, 2.24) is 14.9 Å². The smallest absolute Gasteiger partial charge is 0.255 e. The summed E-state index contributed by atoms with van der Waals surface area (Å²) in [6.07, 6.45) is -0.837. The highest BCUT2D eigenvalue weighted by atomic mass is 16.3. The second-order valence-electron chi connectivity index (χ2n) is 10.1.